The molecule has 0 amide bonds. The van der Waals surface area contributed by atoms with Crippen LogP contribution in [0.3, 0.4) is 0 Å². The lowest BCUT2D eigenvalue weighted by Crippen LogP contribution is -2.65. The lowest BCUT2D eigenvalue weighted by molar-refractivity contribution is -0.350. The molecule has 2 saturated heterocycles. The molecular formula is C65H66O16. The zero-order chi connectivity index (χ0) is 56.8. The standard InChI is InChI=1S/C65H66O16/c1-3-4-5-6-7-8-9-28-41-72-65-57(80-63(71)50-39-26-15-27-40-50)56(79-62(70)49-37-24-14-25-38-49)55(52(76-65)43-74-59(67)46-31-18-11-19-32-46)81-64-44(2)53(77-60(68)47-33-20-12-21-34-47)54(78-61(69)48-35-22-13-23-36-48)51(75-64)42-73-58(66)45-29-16-10-17-30-45/h3,10-27,29-40,44,51-57,64-65H,1,4-9,28,41-43H2,2H3. The highest BCUT2D eigenvalue weighted by molar-refractivity contribution is 5.92. The molecule has 2 aliphatic heterocycles. The van der Waals surface area contributed by atoms with Crippen LogP contribution in [0.15, 0.2) is 195 Å². The Hall–Kier alpha value is -8.28. The predicted molar refractivity (Wildman–Crippen MR) is 296 cm³/mol. The Kier molecular flexibility index (Phi) is 22.1. The molecule has 81 heavy (non-hydrogen) atoms. The molecule has 2 fully saturated rings. The zero-order valence-electron chi connectivity index (χ0n) is 45.0. The van der Waals surface area contributed by atoms with Gasteiger partial charge >= 0.3 is 35.8 Å². The monoisotopic (exact) mass is 1100 g/mol. The van der Waals surface area contributed by atoms with Gasteiger partial charge in [-0.15, -0.1) is 6.58 Å². The molecule has 0 aromatic heterocycles. The molecule has 16 heteroatoms. The molecule has 0 aliphatic carbocycles. The number of benzene rings is 6. The maximum Gasteiger partial charge on any atom is 0.338 e. The van der Waals surface area contributed by atoms with Crippen LogP contribution in [0, 0.1) is 5.92 Å². The van der Waals surface area contributed by atoms with E-state index in [2.05, 4.69) is 6.58 Å². The van der Waals surface area contributed by atoms with Crippen molar-refractivity contribution in [1.82, 2.24) is 0 Å². The highest BCUT2D eigenvalue weighted by atomic mass is 16.8. The summed E-state index contributed by atoms with van der Waals surface area (Å²) in [6.07, 6.45) is -5.13. The van der Waals surface area contributed by atoms with E-state index in [-0.39, 0.29) is 40.0 Å². The third kappa shape index (κ3) is 16.6. The summed E-state index contributed by atoms with van der Waals surface area (Å²) >= 11 is 0. The molecule has 6 aromatic carbocycles. The van der Waals surface area contributed by atoms with Crippen LogP contribution >= 0.6 is 0 Å². The Labute approximate surface area is 471 Å². The van der Waals surface area contributed by atoms with Gasteiger partial charge < -0.3 is 47.4 Å². The fraction of sp³-hybridized carbons (Fsp3) is 0.323. The average Bonchev–Trinajstić information content (AvgIpc) is 3.56. The van der Waals surface area contributed by atoms with Gasteiger partial charge in [0.1, 0.15) is 37.6 Å². The van der Waals surface area contributed by atoms with Crippen molar-refractivity contribution >= 4 is 35.8 Å². The van der Waals surface area contributed by atoms with Gasteiger partial charge in [0.15, 0.2) is 30.9 Å². The second-order valence-corrected chi connectivity index (χ2v) is 19.5. The number of unbranched alkanes of at least 4 members (excludes halogenated alkanes) is 6. The van der Waals surface area contributed by atoms with Crippen LogP contribution in [0.25, 0.3) is 0 Å². The smallest absolute Gasteiger partial charge is 0.338 e. The van der Waals surface area contributed by atoms with Crippen molar-refractivity contribution in [2.45, 2.75) is 107 Å². The van der Waals surface area contributed by atoms with Crippen molar-refractivity contribution in [1.29, 1.82) is 0 Å². The first-order valence-electron chi connectivity index (χ1n) is 27.2. The summed E-state index contributed by atoms with van der Waals surface area (Å²) in [7, 11) is 0. The van der Waals surface area contributed by atoms with Crippen molar-refractivity contribution in [2.24, 2.45) is 5.92 Å². The quantitative estimate of drug-likeness (QED) is 0.0215. The van der Waals surface area contributed by atoms with Crippen molar-refractivity contribution in [3.8, 4) is 0 Å². The van der Waals surface area contributed by atoms with Crippen LogP contribution in [0.5, 0.6) is 0 Å². The van der Waals surface area contributed by atoms with Crippen molar-refractivity contribution < 1.29 is 76.1 Å². The van der Waals surface area contributed by atoms with E-state index in [1.54, 1.807) is 189 Å². The van der Waals surface area contributed by atoms with E-state index in [1.165, 1.54) is 0 Å². The molecular weight excluding hydrogens is 1040 g/mol. The molecule has 10 atom stereocenters. The number of esters is 6. The Bertz CT molecular complexity index is 2950. The number of hydrogen-bond donors (Lipinski definition) is 0. The predicted octanol–water partition coefficient (Wildman–Crippen LogP) is 11.0. The van der Waals surface area contributed by atoms with Gasteiger partial charge in [-0.3, -0.25) is 0 Å². The molecule has 0 bridgehead atoms. The molecule has 0 saturated carbocycles. The van der Waals surface area contributed by atoms with Gasteiger partial charge in [-0.05, 0) is 92.1 Å². The second-order valence-electron chi connectivity index (χ2n) is 19.5. The van der Waals surface area contributed by atoms with Gasteiger partial charge in [0.25, 0.3) is 0 Å². The Morgan fingerprint density at radius 3 is 1.15 bits per heavy atom. The minimum absolute atomic E-state index is 0.127. The SMILES string of the molecule is C=CCCCCCCCCOC1OC(COC(=O)c2ccccc2)C(OC2OC(COC(=O)c3ccccc3)C(OC(=O)c3ccccc3)C(OC(=O)c3ccccc3)C2C)C(OC(=O)c2ccccc2)C1OC(=O)c1ccccc1. The van der Waals surface area contributed by atoms with Crippen molar-refractivity contribution in [3.05, 3.63) is 228 Å². The fourth-order valence-corrected chi connectivity index (χ4v) is 9.36. The number of carbonyl (C=O) groups is 6. The Morgan fingerprint density at radius 2 is 0.728 bits per heavy atom. The van der Waals surface area contributed by atoms with Crippen LogP contribution in [0.4, 0.5) is 0 Å². The number of rotatable bonds is 26. The molecule has 422 valence electrons. The molecule has 0 spiro atoms. The van der Waals surface area contributed by atoms with Crippen molar-refractivity contribution in [2.75, 3.05) is 19.8 Å². The molecule has 16 nitrogen and oxygen atoms in total. The number of hydrogen-bond acceptors (Lipinski definition) is 16. The molecule has 0 N–H and O–H groups in total. The highest BCUT2D eigenvalue weighted by Crippen LogP contribution is 2.38. The van der Waals surface area contributed by atoms with Crippen LogP contribution in [0.1, 0.15) is 114 Å². The lowest BCUT2D eigenvalue weighted by atomic mass is 9.91. The van der Waals surface area contributed by atoms with Crippen LogP contribution < -0.4 is 0 Å². The maximum absolute atomic E-state index is 14.5. The third-order valence-electron chi connectivity index (χ3n) is 13.7. The highest BCUT2D eigenvalue weighted by Gasteiger charge is 2.56. The van der Waals surface area contributed by atoms with Gasteiger partial charge in [0.2, 0.25) is 0 Å². The van der Waals surface area contributed by atoms with Gasteiger partial charge in [-0.2, -0.15) is 0 Å². The van der Waals surface area contributed by atoms with Gasteiger partial charge in [-0.1, -0.05) is 148 Å². The topological polar surface area (TPSA) is 195 Å². The number of carbonyl (C=O) groups excluding carboxylic acids is 6. The normalized spacial score (nSPS) is 22.2. The van der Waals surface area contributed by atoms with E-state index in [0.29, 0.717) is 6.42 Å². The molecule has 10 unspecified atom stereocenters. The first-order valence-corrected chi connectivity index (χ1v) is 27.2. The minimum atomic E-state index is -1.63. The summed E-state index contributed by atoms with van der Waals surface area (Å²) in [6, 6.07) is 49.0. The zero-order valence-corrected chi connectivity index (χ0v) is 45.0. The Balaban J connectivity index is 1.20. The fourth-order valence-electron chi connectivity index (χ4n) is 9.36. The summed E-state index contributed by atoms with van der Waals surface area (Å²) in [4.78, 5) is 84.5. The van der Waals surface area contributed by atoms with E-state index in [4.69, 9.17) is 47.4 Å². The molecule has 8 rings (SSSR count). The van der Waals surface area contributed by atoms with E-state index >= 15 is 0 Å². The second kappa shape index (κ2) is 30.3. The first-order chi connectivity index (χ1) is 39.6. The van der Waals surface area contributed by atoms with Crippen molar-refractivity contribution in [3.63, 3.8) is 0 Å². The van der Waals surface area contributed by atoms with Gasteiger partial charge in [0, 0.05) is 12.5 Å². The summed E-state index contributed by atoms with van der Waals surface area (Å²) < 4.78 is 64.2. The van der Waals surface area contributed by atoms with Gasteiger partial charge in [0.05, 0.1) is 33.4 Å². The molecule has 2 heterocycles. The lowest BCUT2D eigenvalue weighted by Gasteiger charge is -2.48. The summed E-state index contributed by atoms with van der Waals surface area (Å²) in [6.45, 7) is 4.46. The van der Waals surface area contributed by atoms with E-state index < -0.39 is 110 Å². The molecule has 6 aromatic rings. The van der Waals surface area contributed by atoms with Gasteiger partial charge in [-0.25, -0.2) is 28.8 Å². The van der Waals surface area contributed by atoms with E-state index in [0.717, 1.165) is 38.5 Å². The minimum Gasteiger partial charge on any atom is -0.459 e. The first kappa shape index (κ1) is 58.9. The Morgan fingerprint density at radius 1 is 0.395 bits per heavy atom. The maximum atomic E-state index is 14.5. The van der Waals surface area contributed by atoms with Crippen LogP contribution in [-0.2, 0) is 47.4 Å². The molecule has 0 radical (unpaired) electrons. The number of ether oxygens (including phenoxy) is 10. The van der Waals surface area contributed by atoms with E-state index in [1.807, 2.05) is 6.08 Å². The summed E-state index contributed by atoms with van der Waals surface area (Å²) in [5, 5.41) is 0. The molecule has 2 aliphatic rings. The largest absolute Gasteiger partial charge is 0.459 e. The van der Waals surface area contributed by atoms with E-state index in [9.17, 15) is 28.8 Å². The summed E-state index contributed by atoms with van der Waals surface area (Å²) in [5.74, 6) is -5.81. The summed E-state index contributed by atoms with van der Waals surface area (Å²) in [5.41, 5.74) is 1.06. The third-order valence-corrected chi connectivity index (χ3v) is 13.7. The average molecular weight is 1100 g/mol. The van der Waals surface area contributed by atoms with Crippen LogP contribution in [-0.4, -0.2) is 111 Å². The number of allylic oxidation sites excluding steroid dienone is 1. The van der Waals surface area contributed by atoms with Crippen LogP contribution in [0.2, 0.25) is 0 Å².